The van der Waals surface area contributed by atoms with Crippen LogP contribution >= 0.6 is 0 Å². The van der Waals surface area contributed by atoms with Crippen molar-refractivity contribution < 1.29 is 4.79 Å². The number of rotatable bonds is 1. The molecule has 1 spiro atoms. The zero-order chi connectivity index (χ0) is 15.8. The van der Waals surface area contributed by atoms with E-state index in [0.29, 0.717) is 16.6 Å². The fourth-order valence-corrected chi connectivity index (χ4v) is 7.90. The van der Waals surface area contributed by atoms with E-state index in [0.717, 1.165) is 36.0 Å². The summed E-state index contributed by atoms with van der Waals surface area (Å²) in [4.78, 5) is 12.0. The number of carbonyl (C=O) groups excluding carboxylic acids is 1. The molecule has 1 nitrogen and oxygen atoms in total. The second-order valence-corrected chi connectivity index (χ2v) is 9.86. The standard InChI is InChI=1S/C22H32O/c1-3-14-4-7-19-18-13-22(10-11-22)20-12-15(23)5-6-17(20)16(18)8-9-21(14,19)2/h12,14,16-19H,3-11,13H2,1-2H3. The van der Waals surface area contributed by atoms with Crippen LogP contribution in [0.2, 0.25) is 0 Å². The molecule has 1 heteroatoms. The summed E-state index contributed by atoms with van der Waals surface area (Å²) in [6, 6.07) is 0. The van der Waals surface area contributed by atoms with E-state index >= 15 is 0 Å². The van der Waals surface area contributed by atoms with Crippen molar-refractivity contribution in [3.8, 4) is 0 Å². The van der Waals surface area contributed by atoms with Crippen LogP contribution in [-0.4, -0.2) is 5.78 Å². The molecule has 5 rings (SSSR count). The minimum Gasteiger partial charge on any atom is -0.295 e. The molecule has 6 unspecified atom stereocenters. The molecule has 4 saturated carbocycles. The van der Waals surface area contributed by atoms with E-state index < -0.39 is 0 Å². The third-order valence-electron chi connectivity index (χ3n) is 9.21. The van der Waals surface area contributed by atoms with Crippen LogP contribution in [-0.2, 0) is 4.79 Å². The van der Waals surface area contributed by atoms with Crippen molar-refractivity contribution in [3.63, 3.8) is 0 Å². The first-order chi connectivity index (χ1) is 11.1. The molecule has 5 aliphatic rings. The van der Waals surface area contributed by atoms with Crippen LogP contribution in [0.15, 0.2) is 11.6 Å². The average molecular weight is 312 g/mol. The highest BCUT2D eigenvalue weighted by Crippen LogP contribution is 2.71. The summed E-state index contributed by atoms with van der Waals surface area (Å²) in [5, 5.41) is 0. The van der Waals surface area contributed by atoms with Gasteiger partial charge in [0.25, 0.3) is 0 Å². The Morgan fingerprint density at radius 3 is 2.65 bits per heavy atom. The minimum absolute atomic E-state index is 0.425. The molecule has 0 aromatic heterocycles. The highest BCUT2D eigenvalue weighted by Gasteiger charge is 2.62. The zero-order valence-electron chi connectivity index (χ0n) is 14.9. The Bertz CT molecular complexity index is 569. The molecule has 4 fully saturated rings. The van der Waals surface area contributed by atoms with Gasteiger partial charge in [-0.2, -0.15) is 0 Å². The monoisotopic (exact) mass is 312 g/mol. The second-order valence-electron chi connectivity index (χ2n) is 9.86. The van der Waals surface area contributed by atoms with Gasteiger partial charge in [0.2, 0.25) is 0 Å². The Morgan fingerprint density at radius 2 is 1.91 bits per heavy atom. The smallest absolute Gasteiger partial charge is 0.155 e. The number of allylic oxidation sites excluding steroid dienone is 1. The van der Waals surface area contributed by atoms with Gasteiger partial charge in [0, 0.05) is 6.42 Å². The SMILES string of the molecule is CCC1CCC2C3CC4(CC4)C4=CC(=O)CCC4C3CCC12C. The summed E-state index contributed by atoms with van der Waals surface area (Å²) in [6.07, 6.45) is 15.6. The largest absolute Gasteiger partial charge is 0.295 e. The Morgan fingerprint density at radius 1 is 1.09 bits per heavy atom. The van der Waals surface area contributed by atoms with Gasteiger partial charge in [-0.25, -0.2) is 0 Å². The lowest BCUT2D eigenvalue weighted by Crippen LogP contribution is -2.48. The first kappa shape index (κ1) is 14.7. The van der Waals surface area contributed by atoms with Gasteiger partial charge in [0.1, 0.15) is 0 Å². The molecular weight excluding hydrogens is 280 g/mol. The molecule has 0 amide bonds. The van der Waals surface area contributed by atoms with Crippen molar-refractivity contribution in [1.82, 2.24) is 0 Å². The van der Waals surface area contributed by atoms with Crippen LogP contribution < -0.4 is 0 Å². The molecule has 5 aliphatic carbocycles. The number of carbonyl (C=O) groups is 1. The minimum atomic E-state index is 0.425. The maximum absolute atomic E-state index is 12.0. The van der Waals surface area contributed by atoms with Crippen LogP contribution in [0, 0.1) is 40.4 Å². The fourth-order valence-electron chi connectivity index (χ4n) is 7.90. The average Bonchev–Trinajstić information content (AvgIpc) is 3.22. The quantitative estimate of drug-likeness (QED) is 0.621. The normalized spacial score (nSPS) is 50.1. The number of ketones is 1. The van der Waals surface area contributed by atoms with Crippen LogP contribution in [0.1, 0.15) is 78.1 Å². The van der Waals surface area contributed by atoms with Crippen LogP contribution in [0.3, 0.4) is 0 Å². The molecule has 0 heterocycles. The summed E-state index contributed by atoms with van der Waals surface area (Å²) in [6.45, 7) is 5.06. The van der Waals surface area contributed by atoms with Gasteiger partial charge in [-0.15, -0.1) is 0 Å². The van der Waals surface area contributed by atoms with E-state index in [9.17, 15) is 4.79 Å². The molecule has 0 saturated heterocycles. The fraction of sp³-hybridized carbons (Fsp3) is 0.864. The maximum Gasteiger partial charge on any atom is 0.155 e. The van der Waals surface area contributed by atoms with Crippen LogP contribution in [0.25, 0.3) is 0 Å². The van der Waals surface area contributed by atoms with Crippen LogP contribution in [0.4, 0.5) is 0 Å². The molecule has 0 bridgehead atoms. The predicted octanol–water partition coefficient (Wildman–Crippen LogP) is 5.54. The van der Waals surface area contributed by atoms with E-state index in [4.69, 9.17) is 0 Å². The first-order valence-corrected chi connectivity index (χ1v) is 10.3. The predicted molar refractivity (Wildman–Crippen MR) is 92.9 cm³/mol. The Kier molecular flexibility index (Phi) is 3.03. The molecule has 0 aliphatic heterocycles. The van der Waals surface area contributed by atoms with Gasteiger partial charge in [0.05, 0.1) is 0 Å². The van der Waals surface area contributed by atoms with Gasteiger partial charge in [-0.1, -0.05) is 25.8 Å². The Balaban J connectivity index is 1.51. The molecule has 0 radical (unpaired) electrons. The second kappa shape index (κ2) is 4.73. The lowest BCUT2D eigenvalue weighted by atomic mass is 9.49. The number of hydrogen-bond acceptors (Lipinski definition) is 1. The summed E-state index contributed by atoms with van der Waals surface area (Å²) in [5.41, 5.74) is 2.76. The van der Waals surface area contributed by atoms with Gasteiger partial charge in [-0.3, -0.25) is 4.79 Å². The molecular formula is C22H32O. The first-order valence-electron chi connectivity index (χ1n) is 10.3. The summed E-state index contributed by atoms with van der Waals surface area (Å²) in [7, 11) is 0. The Labute approximate surface area is 141 Å². The van der Waals surface area contributed by atoms with Gasteiger partial charge in [0.15, 0.2) is 5.78 Å². The lowest BCUT2D eigenvalue weighted by molar-refractivity contribution is -0.116. The third kappa shape index (κ3) is 1.89. The molecule has 0 aromatic carbocycles. The van der Waals surface area contributed by atoms with E-state index in [1.165, 1.54) is 57.8 Å². The van der Waals surface area contributed by atoms with E-state index in [-0.39, 0.29) is 0 Å². The molecule has 0 aromatic rings. The van der Waals surface area contributed by atoms with Gasteiger partial charge < -0.3 is 0 Å². The van der Waals surface area contributed by atoms with Crippen molar-refractivity contribution in [1.29, 1.82) is 0 Å². The van der Waals surface area contributed by atoms with Crippen molar-refractivity contribution in [2.75, 3.05) is 0 Å². The topological polar surface area (TPSA) is 17.1 Å². The summed E-state index contributed by atoms with van der Waals surface area (Å²) >= 11 is 0. The zero-order valence-corrected chi connectivity index (χ0v) is 14.9. The molecule has 6 atom stereocenters. The summed E-state index contributed by atoms with van der Waals surface area (Å²) < 4.78 is 0. The van der Waals surface area contributed by atoms with Crippen molar-refractivity contribution in [2.45, 2.75) is 78.1 Å². The van der Waals surface area contributed by atoms with Gasteiger partial charge in [-0.05, 0) is 97.9 Å². The summed E-state index contributed by atoms with van der Waals surface area (Å²) in [5.74, 6) is 5.06. The van der Waals surface area contributed by atoms with Crippen molar-refractivity contribution >= 4 is 5.78 Å². The maximum atomic E-state index is 12.0. The van der Waals surface area contributed by atoms with Gasteiger partial charge >= 0.3 is 0 Å². The van der Waals surface area contributed by atoms with Crippen LogP contribution in [0.5, 0.6) is 0 Å². The van der Waals surface area contributed by atoms with E-state index in [1.807, 2.05) is 0 Å². The number of fused-ring (bicyclic) bond motifs is 6. The van der Waals surface area contributed by atoms with E-state index in [1.54, 1.807) is 5.57 Å². The Hall–Kier alpha value is -0.590. The van der Waals surface area contributed by atoms with Crippen molar-refractivity contribution in [3.05, 3.63) is 11.6 Å². The van der Waals surface area contributed by atoms with Crippen molar-refractivity contribution in [2.24, 2.45) is 40.4 Å². The lowest BCUT2D eigenvalue weighted by Gasteiger charge is -2.56. The molecule has 23 heavy (non-hydrogen) atoms. The molecule has 0 N–H and O–H groups in total. The highest BCUT2D eigenvalue weighted by atomic mass is 16.1. The molecule has 126 valence electrons. The third-order valence-corrected chi connectivity index (χ3v) is 9.21. The van der Waals surface area contributed by atoms with E-state index in [2.05, 4.69) is 19.9 Å². The highest BCUT2D eigenvalue weighted by molar-refractivity contribution is 5.91. The number of hydrogen-bond donors (Lipinski definition) is 0.